The number of aryl methyl sites for hydroxylation is 1. The topological polar surface area (TPSA) is 49.7 Å². The minimum atomic E-state index is 0.0278. The van der Waals surface area contributed by atoms with Crippen molar-refractivity contribution in [3.05, 3.63) is 35.9 Å². The number of aliphatic hydroxyl groups is 2. The maximum Gasteiger partial charge on any atom is 0.0698 e. The van der Waals surface area contributed by atoms with Crippen LogP contribution in [-0.4, -0.2) is 36.6 Å². The standard InChI is InChI=1S/C10H14.C4H10O3/c1-2-3-7-10-8-5-4-6-9-10;5-1-3-7-4-2-6/h4-6,8-9H,2-3,7H2,1H3;5-6H,1-4H2. The molecular formula is C14H24O3. The predicted octanol–water partition coefficient (Wildman–Crippen LogP) is 2.02. The normalized spacial score (nSPS) is 9.59. The van der Waals surface area contributed by atoms with Gasteiger partial charge in [0.25, 0.3) is 0 Å². The van der Waals surface area contributed by atoms with Gasteiger partial charge in [0.15, 0.2) is 0 Å². The van der Waals surface area contributed by atoms with E-state index in [2.05, 4.69) is 42.0 Å². The molecule has 0 aliphatic carbocycles. The average Bonchev–Trinajstić information content (AvgIpc) is 2.39. The Morgan fingerprint density at radius 3 is 2.06 bits per heavy atom. The largest absolute Gasteiger partial charge is 0.394 e. The Morgan fingerprint density at radius 2 is 1.59 bits per heavy atom. The van der Waals surface area contributed by atoms with Crippen molar-refractivity contribution in [3.63, 3.8) is 0 Å². The smallest absolute Gasteiger partial charge is 0.0698 e. The molecule has 0 saturated carbocycles. The first-order valence-electron chi connectivity index (χ1n) is 6.18. The van der Waals surface area contributed by atoms with Crippen molar-refractivity contribution in [3.8, 4) is 0 Å². The first-order chi connectivity index (χ1) is 8.35. The molecule has 3 heteroatoms. The molecule has 0 aromatic heterocycles. The van der Waals surface area contributed by atoms with Gasteiger partial charge in [-0.15, -0.1) is 0 Å². The molecule has 98 valence electrons. The molecule has 0 aliphatic heterocycles. The van der Waals surface area contributed by atoms with Gasteiger partial charge in [0, 0.05) is 0 Å². The van der Waals surface area contributed by atoms with Crippen molar-refractivity contribution in [2.75, 3.05) is 26.4 Å². The van der Waals surface area contributed by atoms with Gasteiger partial charge in [-0.05, 0) is 18.4 Å². The third-order valence-electron chi connectivity index (χ3n) is 2.13. The Labute approximate surface area is 104 Å². The van der Waals surface area contributed by atoms with Crippen LogP contribution in [0.1, 0.15) is 25.3 Å². The van der Waals surface area contributed by atoms with E-state index in [4.69, 9.17) is 10.2 Å². The first kappa shape index (κ1) is 16.1. The Kier molecular flexibility index (Phi) is 12.5. The fraction of sp³-hybridized carbons (Fsp3) is 0.571. The van der Waals surface area contributed by atoms with Crippen LogP contribution in [0.15, 0.2) is 30.3 Å². The maximum absolute atomic E-state index is 8.09. The molecule has 3 nitrogen and oxygen atoms in total. The minimum absolute atomic E-state index is 0.0278. The summed E-state index contributed by atoms with van der Waals surface area (Å²) >= 11 is 0. The molecule has 1 aromatic rings. The van der Waals surface area contributed by atoms with E-state index >= 15 is 0 Å². The fourth-order valence-corrected chi connectivity index (χ4v) is 1.26. The van der Waals surface area contributed by atoms with E-state index in [0.29, 0.717) is 13.2 Å². The van der Waals surface area contributed by atoms with Crippen LogP contribution in [0.5, 0.6) is 0 Å². The van der Waals surface area contributed by atoms with Gasteiger partial charge >= 0.3 is 0 Å². The predicted molar refractivity (Wildman–Crippen MR) is 70.0 cm³/mol. The number of unbranched alkanes of at least 4 members (excludes halogenated alkanes) is 1. The van der Waals surface area contributed by atoms with Crippen molar-refractivity contribution in [1.29, 1.82) is 0 Å². The Morgan fingerprint density at radius 1 is 1.00 bits per heavy atom. The highest BCUT2D eigenvalue weighted by molar-refractivity contribution is 5.14. The van der Waals surface area contributed by atoms with Crippen molar-refractivity contribution in [1.82, 2.24) is 0 Å². The van der Waals surface area contributed by atoms with Gasteiger partial charge in [0.1, 0.15) is 0 Å². The molecule has 17 heavy (non-hydrogen) atoms. The maximum atomic E-state index is 8.09. The van der Waals surface area contributed by atoms with Crippen LogP contribution >= 0.6 is 0 Å². The lowest BCUT2D eigenvalue weighted by atomic mass is 10.1. The molecule has 0 unspecified atom stereocenters. The van der Waals surface area contributed by atoms with Crippen LogP contribution in [-0.2, 0) is 11.2 Å². The number of benzene rings is 1. The van der Waals surface area contributed by atoms with E-state index in [1.54, 1.807) is 0 Å². The number of ether oxygens (including phenoxy) is 1. The van der Waals surface area contributed by atoms with Crippen molar-refractivity contribution < 1.29 is 14.9 Å². The Hall–Kier alpha value is -0.900. The second kappa shape index (κ2) is 13.2. The second-order valence-corrected chi connectivity index (χ2v) is 3.65. The summed E-state index contributed by atoms with van der Waals surface area (Å²) in [5, 5.41) is 16.2. The summed E-state index contributed by atoms with van der Waals surface area (Å²) in [6.45, 7) is 2.92. The zero-order valence-corrected chi connectivity index (χ0v) is 10.6. The summed E-state index contributed by atoms with van der Waals surface area (Å²) in [4.78, 5) is 0. The zero-order chi connectivity index (χ0) is 12.8. The fourth-order valence-electron chi connectivity index (χ4n) is 1.26. The van der Waals surface area contributed by atoms with Gasteiger partial charge in [-0.1, -0.05) is 43.7 Å². The summed E-state index contributed by atoms with van der Waals surface area (Å²) in [5.41, 5.74) is 1.46. The molecule has 1 aromatic carbocycles. The van der Waals surface area contributed by atoms with Gasteiger partial charge in [0.05, 0.1) is 26.4 Å². The number of hydrogen-bond donors (Lipinski definition) is 2. The molecule has 0 atom stereocenters. The second-order valence-electron chi connectivity index (χ2n) is 3.65. The van der Waals surface area contributed by atoms with Gasteiger partial charge in [-0.3, -0.25) is 0 Å². The van der Waals surface area contributed by atoms with Crippen molar-refractivity contribution in [2.45, 2.75) is 26.2 Å². The third kappa shape index (κ3) is 11.4. The van der Waals surface area contributed by atoms with Crippen LogP contribution in [0.4, 0.5) is 0 Å². The minimum Gasteiger partial charge on any atom is -0.394 e. The highest BCUT2D eigenvalue weighted by Crippen LogP contribution is 2.03. The number of hydrogen-bond acceptors (Lipinski definition) is 3. The lowest BCUT2D eigenvalue weighted by molar-refractivity contribution is 0.0650. The van der Waals surface area contributed by atoms with Gasteiger partial charge in [0.2, 0.25) is 0 Å². The summed E-state index contributed by atoms with van der Waals surface area (Å²) in [5.74, 6) is 0. The van der Waals surface area contributed by atoms with Crippen molar-refractivity contribution in [2.24, 2.45) is 0 Å². The van der Waals surface area contributed by atoms with Gasteiger partial charge in [-0.25, -0.2) is 0 Å². The first-order valence-corrected chi connectivity index (χ1v) is 6.18. The summed E-state index contributed by atoms with van der Waals surface area (Å²) in [7, 11) is 0. The Bertz CT molecular complexity index is 232. The van der Waals surface area contributed by atoms with E-state index in [1.807, 2.05) is 0 Å². The van der Waals surface area contributed by atoms with Crippen molar-refractivity contribution >= 4 is 0 Å². The molecule has 0 radical (unpaired) electrons. The van der Waals surface area contributed by atoms with Crippen LogP contribution in [0.3, 0.4) is 0 Å². The molecule has 2 N–H and O–H groups in total. The van der Waals surface area contributed by atoms with Gasteiger partial charge in [-0.2, -0.15) is 0 Å². The zero-order valence-electron chi connectivity index (χ0n) is 10.6. The molecule has 1 rings (SSSR count). The van der Waals surface area contributed by atoms with E-state index in [1.165, 1.54) is 24.8 Å². The molecule has 0 fully saturated rings. The molecular weight excluding hydrogens is 216 g/mol. The van der Waals surface area contributed by atoms with Crippen LogP contribution < -0.4 is 0 Å². The summed E-state index contributed by atoms with van der Waals surface area (Å²) in [6.07, 6.45) is 3.83. The molecule has 0 spiro atoms. The molecule has 0 amide bonds. The highest BCUT2D eigenvalue weighted by Gasteiger charge is 1.87. The van der Waals surface area contributed by atoms with E-state index in [-0.39, 0.29) is 13.2 Å². The highest BCUT2D eigenvalue weighted by atomic mass is 16.5. The van der Waals surface area contributed by atoms with Crippen LogP contribution in [0.25, 0.3) is 0 Å². The SMILES string of the molecule is CCCCc1ccccc1.OCCOCCO. The quantitative estimate of drug-likeness (QED) is 0.717. The third-order valence-corrected chi connectivity index (χ3v) is 2.13. The van der Waals surface area contributed by atoms with E-state index in [0.717, 1.165) is 0 Å². The van der Waals surface area contributed by atoms with Crippen LogP contribution in [0.2, 0.25) is 0 Å². The van der Waals surface area contributed by atoms with Crippen LogP contribution in [0, 0.1) is 0 Å². The lowest BCUT2D eigenvalue weighted by Gasteiger charge is -1.96. The molecule has 0 heterocycles. The van der Waals surface area contributed by atoms with Gasteiger partial charge < -0.3 is 14.9 Å². The molecule has 0 bridgehead atoms. The summed E-state index contributed by atoms with van der Waals surface area (Å²) in [6, 6.07) is 10.6. The molecule has 0 aliphatic rings. The van der Waals surface area contributed by atoms with E-state index in [9.17, 15) is 0 Å². The monoisotopic (exact) mass is 240 g/mol. The average molecular weight is 240 g/mol. The molecule has 0 saturated heterocycles. The number of aliphatic hydroxyl groups excluding tert-OH is 2. The number of rotatable bonds is 7. The van der Waals surface area contributed by atoms with E-state index < -0.39 is 0 Å². The summed E-state index contributed by atoms with van der Waals surface area (Å²) < 4.78 is 4.63. The lowest BCUT2D eigenvalue weighted by Crippen LogP contribution is -2.03. The Balaban J connectivity index is 0.000000325.